The smallest absolute Gasteiger partial charge is 0.160 e. The van der Waals surface area contributed by atoms with Gasteiger partial charge in [-0.3, -0.25) is 0 Å². The van der Waals surface area contributed by atoms with Gasteiger partial charge in [0.2, 0.25) is 0 Å². The maximum absolute atomic E-state index is 5.48. The van der Waals surface area contributed by atoms with Gasteiger partial charge >= 0.3 is 0 Å². The van der Waals surface area contributed by atoms with E-state index in [1.807, 2.05) is 6.07 Å². The highest BCUT2D eigenvalue weighted by atomic mass is 16.5. The van der Waals surface area contributed by atoms with Crippen LogP contribution in [0.25, 0.3) is 11.0 Å². The van der Waals surface area contributed by atoms with Crippen molar-refractivity contribution in [3.63, 3.8) is 0 Å². The Bertz CT molecular complexity index is 1120. The molecule has 0 aliphatic heterocycles. The molecule has 0 spiro atoms. The highest BCUT2D eigenvalue weighted by Gasteiger charge is 2.20. The summed E-state index contributed by atoms with van der Waals surface area (Å²) in [5, 5.41) is 0. The first-order chi connectivity index (χ1) is 14.7. The van der Waals surface area contributed by atoms with Gasteiger partial charge in [-0.2, -0.15) is 0 Å². The molecule has 1 unspecified atom stereocenters. The van der Waals surface area contributed by atoms with Crippen LogP contribution in [0.4, 0.5) is 0 Å². The Hall–Kier alpha value is -3.27. The van der Waals surface area contributed by atoms with Crippen molar-refractivity contribution >= 4 is 11.0 Å². The zero-order valence-corrected chi connectivity index (χ0v) is 17.8. The average molecular weight is 401 g/mol. The summed E-state index contributed by atoms with van der Waals surface area (Å²) < 4.78 is 13.2. The van der Waals surface area contributed by atoms with Crippen LogP contribution in [0.2, 0.25) is 0 Å². The molecule has 30 heavy (non-hydrogen) atoms. The lowest BCUT2D eigenvalue weighted by Gasteiger charge is -2.18. The second-order valence-corrected chi connectivity index (χ2v) is 7.42. The summed E-state index contributed by atoms with van der Waals surface area (Å²) in [6, 6.07) is 25.2. The number of aryl methyl sites for hydroxylation is 2. The molecule has 0 amide bonds. The second-order valence-electron chi connectivity index (χ2n) is 7.42. The van der Waals surface area contributed by atoms with Gasteiger partial charge in [0, 0.05) is 12.5 Å². The van der Waals surface area contributed by atoms with Crippen molar-refractivity contribution in [3.05, 3.63) is 89.7 Å². The van der Waals surface area contributed by atoms with Crippen molar-refractivity contribution in [2.75, 3.05) is 14.2 Å². The standard InChI is InChI=1S/C26H28N2O2/c1-4-21(20-10-6-5-7-11-20)26-27-22-12-8-9-13-23(22)28(26)17-16-19-14-15-24(29-2)25(18-19)30-3/h5-15,18,21H,4,16-17H2,1-3H3. The molecule has 1 atom stereocenters. The lowest BCUT2D eigenvalue weighted by molar-refractivity contribution is 0.354. The molecule has 4 nitrogen and oxygen atoms in total. The minimum absolute atomic E-state index is 0.268. The maximum atomic E-state index is 5.48. The Morgan fingerprint density at radius 2 is 1.60 bits per heavy atom. The van der Waals surface area contributed by atoms with E-state index in [4.69, 9.17) is 14.5 Å². The molecule has 4 heteroatoms. The van der Waals surface area contributed by atoms with Crippen molar-refractivity contribution in [1.82, 2.24) is 9.55 Å². The number of methoxy groups -OCH3 is 2. The molecule has 1 heterocycles. The minimum Gasteiger partial charge on any atom is -0.493 e. The number of rotatable bonds is 8. The zero-order valence-electron chi connectivity index (χ0n) is 17.8. The fraction of sp³-hybridized carbons (Fsp3) is 0.269. The van der Waals surface area contributed by atoms with Crippen molar-refractivity contribution in [2.45, 2.75) is 32.2 Å². The molecule has 0 saturated heterocycles. The first-order valence-corrected chi connectivity index (χ1v) is 10.5. The minimum atomic E-state index is 0.268. The fourth-order valence-corrected chi connectivity index (χ4v) is 4.12. The van der Waals surface area contributed by atoms with Crippen LogP contribution in [-0.2, 0) is 13.0 Å². The van der Waals surface area contributed by atoms with E-state index in [1.165, 1.54) is 16.6 Å². The number of ether oxygens (including phenoxy) is 2. The molecule has 0 saturated carbocycles. The van der Waals surface area contributed by atoms with Gasteiger partial charge in [0.1, 0.15) is 5.82 Å². The molecule has 4 aromatic rings. The number of para-hydroxylation sites is 2. The van der Waals surface area contributed by atoms with Gasteiger partial charge in [-0.05, 0) is 48.2 Å². The summed E-state index contributed by atoms with van der Waals surface area (Å²) in [5.74, 6) is 2.92. The number of aromatic nitrogens is 2. The van der Waals surface area contributed by atoms with Crippen molar-refractivity contribution in [2.24, 2.45) is 0 Å². The predicted molar refractivity (Wildman–Crippen MR) is 122 cm³/mol. The first-order valence-electron chi connectivity index (χ1n) is 10.5. The SMILES string of the molecule is CCC(c1ccccc1)c1nc2ccccc2n1CCc1ccc(OC)c(OC)c1. The van der Waals surface area contributed by atoms with Crippen LogP contribution in [0.1, 0.15) is 36.2 Å². The number of fused-ring (bicyclic) bond motifs is 1. The third-order valence-electron chi connectivity index (χ3n) is 5.68. The van der Waals surface area contributed by atoms with E-state index >= 15 is 0 Å². The summed E-state index contributed by atoms with van der Waals surface area (Å²) in [6.07, 6.45) is 1.89. The summed E-state index contributed by atoms with van der Waals surface area (Å²) in [4.78, 5) is 5.05. The van der Waals surface area contributed by atoms with Crippen LogP contribution in [0, 0.1) is 0 Å². The Morgan fingerprint density at radius 3 is 2.33 bits per heavy atom. The average Bonchev–Trinajstić information content (AvgIpc) is 3.16. The van der Waals surface area contributed by atoms with Gasteiger partial charge in [-0.1, -0.05) is 55.5 Å². The molecule has 3 aromatic carbocycles. The van der Waals surface area contributed by atoms with Gasteiger partial charge in [0.25, 0.3) is 0 Å². The van der Waals surface area contributed by atoms with E-state index in [-0.39, 0.29) is 5.92 Å². The van der Waals surface area contributed by atoms with Gasteiger partial charge in [-0.25, -0.2) is 4.98 Å². The predicted octanol–water partition coefficient (Wildman–Crippen LogP) is 5.84. The molecule has 0 aliphatic rings. The number of hydrogen-bond acceptors (Lipinski definition) is 3. The number of imidazole rings is 1. The summed E-state index contributed by atoms with van der Waals surface area (Å²) >= 11 is 0. The van der Waals surface area contributed by atoms with Crippen LogP contribution in [0.15, 0.2) is 72.8 Å². The van der Waals surface area contributed by atoms with E-state index < -0.39 is 0 Å². The van der Waals surface area contributed by atoms with Crippen molar-refractivity contribution in [3.8, 4) is 11.5 Å². The Labute approximate surface area is 178 Å². The fourth-order valence-electron chi connectivity index (χ4n) is 4.12. The van der Waals surface area contributed by atoms with E-state index in [0.29, 0.717) is 0 Å². The molecule has 0 aliphatic carbocycles. The van der Waals surface area contributed by atoms with Crippen LogP contribution in [-0.4, -0.2) is 23.8 Å². The molecular weight excluding hydrogens is 372 g/mol. The van der Waals surface area contributed by atoms with E-state index in [2.05, 4.69) is 78.2 Å². The lowest BCUT2D eigenvalue weighted by Crippen LogP contribution is -2.11. The number of nitrogens with zero attached hydrogens (tertiary/aromatic N) is 2. The molecule has 154 valence electrons. The first kappa shape index (κ1) is 20.0. The van der Waals surface area contributed by atoms with Crippen molar-refractivity contribution < 1.29 is 9.47 Å². The Kier molecular flexibility index (Phi) is 6.03. The second kappa shape index (κ2) is 9.04. The Morgan fingerprint density at radius 1 is 0.867 bits per heavy atom. The summed E-state index contributed by atoms with van der Waals surface area (Å²) in [6.45, 7) is 3.09. The summed E-state index contributed by atoms with van der Waals surface area (Å²) in [5.41, 5.74) is 4.75. The number of benzene rings is 3. The highest BCUT2D eigenvalue weighted by Crippen LogP contribution is 2.31. The quantitative estimate of drug-likeness (QED) is 0.373. The lowest BCUT2D eigenvalue weighted by atomic mass is 9.95. The van der Waals surface area contributed by atoms with Crippen LogP contribution in [0.3, 0.4) is 0 Å². The van der Waals surface area contributed by atoms with Gasteiger partial charge in [-0.15, -0.1) is 0 Å². The van der Waals surface area contributed by atoms with Gasteiger partial charge in [0.15, 0.2) is 11.5 Å². The molecule has 0 N–H and O–H groups in total. The zero-order chi connectivity index (χ0) is 20.9. The molecule has 0 radical (unpaired) electrons. The normalized spacial score (nSPS) is 12.1. The third kappa shape index (κ3) is 3.90. The summed E-state index contributed by atoms with van der Waals surface area (Å²) in [7, 11) is 3.34. The third-order valence-corrected chi connectivity index (χ3v) is 5.68. The van der Waals surface area contributed by atoms with Gasteiger partial charge < -0.3 is 14.0 Å². The largest absolute Gasteiger partial charge is 0.493 e. The molecule has 1 aromatic heterocycles. The monoisotopic (exact) mass is 400 g/mol. The van der Waals surface area contributed by atoms with Crippen LogP contribution < -0.4 is 9.47 Å². The number of hydrogen-bond donors (Lipinski definition) is 0. The van der Waals surface area contributed by atoms with Crippen LogP contribution in [0.5, 0.6) is 11.5 Å². The van der Waals surface area contributed by atoms with Crippen LogP contribution >= 0.6 is 0 Å². The topological polar surface area (TPSA) is 36.3 Å². The molecule has 4 rings (SSSR count). The maximum Gasteiger partial charge on any atom is 0.160 e. The molecule has 0 bridgehead atoms. The van der Waals surface area contributed by atoms with E-state index in [0.717, 1.165) is 42.2 Å². The molecule has 0 fully saturated rings. The highest BCUT2D eigenvalue weighted by molar-refractivity contribution is 5.76. The van der Waals surface area contributed by atoms with E-state index in [9.17, 15) is 0 Å². The van der Waals surface area contributed by atoms with Crippen molar-refractivity contribution in [1.29, 1.82) is 0 Å². The Balaban J connectivity index is 1.70. The van der Waals surface area contributed by atoms with E-state index in [1.54, 1.807) is 14.2 Å². The molecular formula is C26H28N2O2. The van der Waals surface area contributed by atoms with Gasteiger partial charge in [0.05, 0.1) is 25.3 Å².